The van der Waals surface area contributed by atoms with Gasteiger partial charge >= 0.3 is 0 Å². The molecule has 0 aromatic heterocycles. The second-order valence-corrected chi connectivity index (χ2v) is 5.87. The Balaban J connectivity index is 1.63. The molecule has 1 aliphatic carbocycles. The highest BCUT2D eigenvalue weighted by atomic mass is 79.9. The van der Waals surface area contributed by atoms with Crippen LogP contribution in [0.5, 0.6) is 0 Å². The van der Waals surface area contributed by atoms with E-state index in [2.05, 4.69) is 45.5 Å². The van der Waals surface area contributed by atoms with Gasteiger partial charge in [-0.1, -0.05) is 36.4 Å². The predicted molar refractivity (Wildman–Crippen MR) is 79.9 cm³/mol. The molecule has 19 heavy (non-hydrogen) atoms. The van der Waals surface area contributed by atoms with Crippen molar-refractivity contribution < 1.29 is 4.39 Å². The van der Waals surface area contributed by atoms with Crippen LogP contribution in [0.15, 0.2) is 53.0 Å². The Hall–Kier alpha value is -1.35. The molecule has 1 fully saturated rings. The van der Waals surface area contributed by atoms with Gasteiger partial charge in [-0.3, -0.25) is 0 Å². The van der Waals surface area contributed by atoms with Crippen LogP contribution in [-0.4, -0.2) is 6.04 Å². The Morgan fingerprint density at radius 3 is 2.42 bits per heavy atom. The smallest absolute Gasteiger partial charge is 0.147 e. The summed E-state index contributed by atoms with van der Waals surface area (Å²) in [6, 6.07) is 15.9. The number of para-hydroxylation sites is 1. The van der Waals surface area contributed by atoms with Gasteiger partial charge in [0.2, 0.25) is 0 Å². The lowest BCUT2D eigenvalue weighted by Crippen LogP contribution is -2.34. The summed E-state index contributed by atoms with van der Waals surface area (Å²) in [6.07, 6.45) is 2.12. The summed E-state index contributed by atoms with van der Waals surface area (Å²) in [4.78, 5) is 0. The SMILES string of the molecule is Fc1cccc(Br)c1NC1CC(c2ccccc2)C1. The normalized spacial score (nSPS) is 21.8. The summed E-state index contributed by atoms with van der Waals surface area (Å²) >= 11 is 3.39. The molecule has 3 heteroatoms. The molecule has 1 N–H and O–H groups in total. The maximum atomic E-state index is 13.7. The number of hydrogen-bond acceptors (Lipinski definition) is 1. The first kappa shape index (κ1) is 12.7. The molecule has 0 radical (unpaired) electrons. The number of rotatable bonds is 3. The van der Waals surface area contributed by atoms with Crippen LogP contribution in [0.2, 0.25) is 0 Å². The number of nitrogens with one attached hydrogen (secondary N) is 1. The van der Waals surface area contributed by atoms with Crippen LogP contribution < -0.4 is 5.32 Å². The van der Waals surface area contributed by atoms with Crippen LogP contribution in [0, 0.1) is 5.82 Å². The standard InChI is InChI=1S/C16H15BrFN/c17-14-7-4-8-15(18)16(14)19-13-9-12(10-13)11-5-2-1-3-6-11/h1-8,12-13,19H,9-10H2. The van der Waals surface area contributed by atoms with E-state index in [1.807, 2.05) is 12.1 Å². The van der Waals surface area contributed by atoms with Gasteiger partial charge in [-0.25, -0.2) is 4.39 Å². The molecule has 0 unspecified atom stereocenters. The molecule has 2 aromatic carbocycles. The van der Waals surface area contributed by atoms with E-state index in [0.717, 1.165) is 17.3 Å². The molecule has 0 heterocycles. The molecular formula is C16H15BrFN. The Labute approximate surface area is 121 Å². The molecule has 0 saturated heterocycles. The quantitative estimate of drug-likeness (QED) is 0.844. The fourth-order valence-electron chi connectivity index (χ4n) is 2.57. The molecule has 1 saturated carbocycles. The molecular weight excluding hydrogens is 305 g/mol. The topological polar surface area (TPSA) is 12.0 Å². The third kappa shape index (κ3) is 2.66. The largest absolute Gasteiger partial charge is 0.379 e. The van der Waals surface area contributed by atoms with Gasteiger partial charge in [-0.2, -0.15) is 0 Å². The van der Waals surface area contributed by atoms with Crippen molar-refractivity contribution in [3.05, 3.63) is 64.4 Å². The maximum Gasteiger partial charge on any atom is 0.147 e. The molecule has 2 aromatic rings. The number of halogens is 2. The zero-order chi connectivity index (χ0) is 13.2. The minimum Gasteiger partial charge on any atom is -0.379 e. The van der Waals surface area contributed by atoms with Gasteiger partial charge in [0, 0.05) is 10.5 Å². The predicted octanol–water partition coefficient (Wildman–Crippen LogP) is 4.95. The fraction of sp³-hybridized carbons (Fsp3) is 0.250. The lowest BCUT2D eigenvalue weighted by atomic mass is 9.76. The lowest BCUT2D eigenvalue weighted by Gasteiger charge is -2.37. The number of benzene rings is 2. The molecule has 0 bridgehead atoms. The third-order valence-corrected chi connectivity index (χ3v) is 4.38. The van der Waals surface area contributed by atoms with E-state index in [0.29, 0.717) is 17.6 Å². The van der Waals surface area contributed by atoms with E-state index in [-0.39, 0.29) is 5.82 Å². The highest BCUT2D eigenvalue weighted by molar-refractivity contribution is 9.10. The highest BCUT2D eigenvalue weighted by Gasteiger charge is 2.30. The molecule has 0 spiro atoms. The van der Waals surface area contributed by atoms with Gasteiger partial charge in [-0.15, -0.1) is 0 Å². The average molecular weight is 320 g/mol. The van der Waals surface area contributed by atoms with Gasteiger partial charge < -0.3 is 5.32 Å². The maximum absolute atomic E-state index is 13.7. The second kappa shape index (κ2) is 5.33. The van der Waals surface area contributed by atoms with Crippen LogP contribution in [0.1, 0.15) is 24.3 Å². The van der Waals surface area contributed by atoms with Gasteiger partial charge in [0.1, 0.15) is 5.82 Å². The van der Waals surface area contributed by atoms with Crippen LogP contribution in [0.3, 0.4) is 0 Å². The fourth-order valence-corrected chi connectivity index (χ4v) is 3.03. The van der Waals surface area contributed by atoms with Crippen molar-refractivity contribution in [3.8, 4) is 0 Å². The first-order valence-corrected chi connectivity index (χ1v) is 7.29. The highest BCUT2D eigenvalue weighted by Crippen LogP contribution is 2.39. The minimum atomic E-state index is -0.197. The van der Waals surface area contributed by atoms with E-state index >= 15 is 0 Å². The van der Waals surface area contributed by atoms with E-state index in [1.54, 1.807) is 6.07 Å². The Morgan fingerprint density at radius 1 is 1.00 bits per heavy atom. The van der Waals surface area contributed by atoms with Gasteiger partial charge in [0.05, 0.1) is 5.69 Å². The van der Waals surface area contributed by atoms with Crippen molar-refractivity contribution in [1.29, 1.82) is 0 Å². The van der Waals surface area contributed by atoms with Crippen molar-refractivity contribution in [2.75, 3.05) is 5.32 Å². The molecule has 3 rings (SSSR count). The number of anilines is 1. The van der Waals surface area contributed by atoms with E-state index in [4.69, 9.17) is 0 Å². The average Bonchev–Trinajstić information content (AvgIpc) is 2.37. The van der Waals surface area contributed by atoms with Crippen LogP contribution in [0.4, 0.5) is 10.1 Å². The van der Waals surface area contributed by atoms with E-state index < -0.39 is 0 Å². The Kier molecular flexibility index (Phi) is 3.56. The Morgan fingerprint density at radius 2 is 1.74 bits per heavy atom. The molecule has 0 amide bonds. The van der Waals surface area contributed by atoms with Crippen molar-refractivity contribution in [3.63, 3.8) is 0 Å². The van der Waals surface area contributed by atoms with E-state index in [9.17, 15) is 4.39 Å². The van der Waals surface area contributed by atoms with E-state index in [1.165, 1.54) is 11.6 Å². The van der Waals surface area contributed by atoms with Crippen molar-refractivity contribution in [2.24, 2.45) is 0 Å². The minimum absolute atomic E-state index is 0.197. The second-order valence-electron chi connectivity index (χ2n) is 5.02. The summed E-state index contributed by atoms with van der Waals surface area (Å²) in [6.45, 7) is 0. The van der Waals surface area contributed by atoms with Gasteiger partial charge in [0.25, 0.3) is 0 Å². The molecule has 0 aliphatic heterocycles. The van der Waals surface area contributed by atoms with Crippen molar-refractivity contribution >= 4 is 21.6 Å². The lowest BCUT2D eigenvalue weighted by molar-refractivity contribution is 0.373. The first-order valence-electron chi connectivity index (χ1n) is 6.49. The summed E-state index contributed by atoms with van der Waals surface area (Å²) < 4.78 is 14.5. The molecule has 0 atom stereocenters. The first-order chi connectivity index (χ1) is 9.24. The third-order valence-electron chi connectivity index (χ3n) is 3.72. The summed E-state index contributed by atoms with van der Waals surface area (Å²) in [5, 5.41) is 3.29. The summed E-state index contributed by atoms with van der Waals surface area (Å²) in [7, 11) is 0. The monoisotopic (exact) mass is 319 g/mol. The van der Waals surface area contributed by atoms with Crippen LogP contribution in [-0.2, 0) is 0 Å². The summed E-state index contributed by atoms with van der Waals surface area (Å²) in [5.74, 6) is 0.404. The van der Waals surface area contributed by atoms with Gasteiger partial charge in [0.15, 0.2) is 0 Å². The number of hydrogen-bond donors (Lipinski definition) is 1. The van der Waals surface area contributed by atoms with Gasteiger partial charge in [-0.05, 0) is 52.4 Å². The van der Waals surface area contributed by atoms with Crippen LogP contribution in [0.25, 0.3) is 0 Å². The zero-order valence-electron chi connectivity index (χ0n) is 10.4. The zero-order valence-corrected chi connectivity index (χ0v) is 12.0. The van der Waals surface area contributed by atoms with Crippen molar-refractivity contribution in [1.82, 2.24) is 0 Å². The summed E-state index contributed by atoms with van der Waals surface area (Å²) in [5.41, 5.74) is 1.96. The molecule has 1 nitrogen and oxygen atoms in total. The Bertz CT molecular complexity index is 544. The van der Waals surface area contributed by atoms with Crippen LogP contribution >= 0.6 is 15.9 Å². The molecule has 1 aliphatic rings. The molecule has 98 valence electrons. The van der Waals surface area contributed by atoms with Crippen molar-refractivity contribution in [2.45, 2.75) is 24.8 Å².